The highest BCUT2D eigenvalue weighted by molar-refractivity contribution is 5.55. The number of morpholine rings is 1. The normalized spacial score (nSPS) is 23.1. The number of hydrogen-bond acceptors (Lipinski definition) is 4. The van der Waals surface area contributed by atoms with Gasteiger partial charge in [-0.15, -0.1) is 0 Å². The van der Waals surface area contributed by atoms with Crippen molar-refractivity contribution in [3.63, 3.8) is 0 Å². The fourth-order valence-electron chi connectivity index (χ4n) is 2.35. The molecule has 1 fully saturated rings. The quantitative estimate of drug-likeness (QED) is 0.783. The van der Waals surface area contributed by atoms with Gasteiger partial charge in [0.15, 0.2) is 0 Å². The molecule has 1 atom stereocenters. The van der Waals surface area contributed by atoms with E-state index < -0.39 is 5.60 Å². The molecule has 1 unspecified atom stereocenters. The van der Waals surface area contributed by atoms with Gasteiger partial charge in [0.1, 0.15) is 5.82 Å². The van der Waals surface area contributed by atoms with Crippen molar-refractivity contribution < 1.29 is 14.2 Å². The lowest BCUT2D eigenvalue weighted by Crippen LogP contribution is -2.54. The van der Waals surface area contributed by atoms with Crippen molar-refractivity contribution in [2.45, 2.75) is 25.6 Å². The Labute approximate surface area is 106 Å². The van der Waals surface area contributed by atoms with Gasteiger partial charge in [-0.3, -0.25) is 0 Å². The molecule has 1 aliphatic heterocycles. The lowest BCUT2D eigenvalue weighted by Gasteiger charge is -2.43. The molecular formula is C13H19FN2O2. The molecule has 100 valence electrons. The Morgan fingerprint density at radius 2 is 2.28 bits per heavy atom. The summed E-state index contributed by atoms with van der Waals surface area (Å²) in [7, 11) is 0. The molecule has 5 heteroatoms. The molecule has 0 aromatic heterocycles. The third-order valence-corrected chi connectivity index (χ3v) is 3.00. The number of anilines is 2. The zero-order chi connectivity index (χ0) is 13.3. The Balaban J connectivity index is 2.26. The fraction of sp³-hybridized carbons (Fsp3) is 0.538. The molecule has 1 heterocycles. The van der Waals surface area contributed by atoms with Gasteiger partial charge in [0.05, 0.1) is 24.0 Å². The number of halogens is 1. The summed E-state index contributed by atoms with van der Waals surface area (Å²) in [6.07, 6.45) is -0.300. The van der Waals surface area contributed by atoms with Crippen LogP contribution in [0.1, 0.15) is 13.8 Å². The van der Waals surface area contributed by atoms with Crippen molar-refractivity contribution in [2.75, 3.05) is 30.3 Å². The highest BCUT2D eigenvalue weighted by atomic mass is 19.1. The summed E-state index contributed by atoms with van der Waals surface area (Å²) in [4.78, 5) is 1.89. The molecule has 3 N–H and O–H groups in total. The van der Waals surface area contributed by atoms with Gasteiger partial charge < -0.3 is 20.5 Å². The van der Waals surface area contributed by atoms with Gasteiger partial charge in [0.25, 0.3) is 0 Å². The Bertz CT molecular complexity index is 437. The monoisotopic (exact) mass is 254 g/mol. The predicted octanol–water partition coefficient (Wildman–Crippen LogP) is 1.38. The average Bonchev–Trinajstić information content (AvgIpc) is 2.26. The van der Waals surface area contributed by atoms with Crippen LogP contribution in [0.25, 0.3) is 0 Å². The van der Waals surface area contributed by atoms with Crippen molar-refractivity contribution in [3.05, 3.63) is 24.0 Å². The van der Waals surface area contributed by atoms with Crippen molar-refractivity contribution in [3.8, 4) is 0 Å². The molecule has 1 aliphatic rings. The molecule has 0 saturated carbocycles. The Hall–Kier alpha value is -1.33. The third-order valence-electron chi connectivity index (χ3n) is 3.00. The van der Waals surface area contributed by atoms with Crippen LogP contribution in [0.5, 0.6) is 0 Å². The molecule has 0 radical (unpaired) electrons. The maximum absolute atomic E-state index is 13.9. The molecule has 1 aromatic rings. The fourth-order valence-corrected chi connectivity index (χ4v) is 2.35. The lowest BCUT2D eigenvalue weighted by molar-refractivity contribution is -0.101. The van der Waals surface area contributed by atoms with E-state index in [9.17, 15) is 9.50 Å². The molecule has 1 aromatic carbocycles. The van der Waals surface area contributed by atoms with E-state index in [-0.39, 0.29) is 18.5 Å². The Kier molecular flexibility index (Phi) is 3.45. The molecule has 1 saturated heterocycles. The van der Waals surface area contributed by atoms with Gasteiger partial charge in [-0.1, -0.05) is 0 Å². The molecule has 0 bridgehead atoms. The van der Waals surface area contributed by atoms with Crippen molar-refractivity contribution >= 4 is 11.4 Å². The minimum absolute atomic E-state index is 0.0729. The number of nitrogens with two attached hydrogens (primary N) is 1. The number of hydrogen-bond donors (Lipinski definition) is 2. The largest absolute Gasteiger partial charge is 0.399 e. The van der Waals surface area contributed by atoms with Crippen LogP contribution in [0.2, 0.25) is 0 Å². The molecule has 2 rings (SSSR count). The summed E-state index contributed by atoms with van der Waals surface area (Å²) < 4.78 is 19.6. The Morgan fingerprint density at radius 1 is 1.56 bits per heavy atom. The van der Waals surface area contributed by atoms with Crippen LogP contribution >= 0.6 is 0 Å². The number of ether oxygens (including phenoxy) is 1. The SMILES string of the molecule is CC1(C)CN(c2ccc(N)cc2F)CC(CO)O1. The van der Waals surface area contributed by atoms with Crippen molar-refractivity contribution in [1.29, 1.82) is 0 Å². The first-order chi connectivity index (χ1) is 8.41. The van der Waals surface area contributed by atoms with Crippen LogP contribution in [0, 0.1) is 5.82 Å². The number of benzene rings is 1. The maximum atomic E-state index is 13.9. The van der Waals surface area contributed by atoms with Crippen LogP contribution in [0.15, 0.2) is 18.2 Å². The van der Waals surface area contributed by atoms with Crippen LogP contribution in [0.4, 0.5) is 15.8 Å². The van der Waals surface area contributed by atoms with Crippen molar-refractivity contribution in [2.24, 2.45) is 0 Å². The summed E-state index contributed by atoms with van der Waals surface area (Å²) >= 11 is 0. The van der Waals surface area contributed by atoms with Gasteiger partial charge in [-0.05, 0) is 32.0 Å². The zero-order valence-electron chi connectivity index (χ0n) is 10.7. The van der Waals surface area contributed by atoms with E-state index in [1.807, 2.05) is 18.7 Å². The van der Waals surface area contributed by atoms with Crippen molar-refractivity contribution in [1.82, 2.24) is 0 Å². The van der Waals surface area contributed by atoms with E-state index in [1.54, 1.807) is 12.1 Å². The standard InChI is InChI=1S/C13H19FN2O2/c1-13(2)8-16(6-10(7-17)18-13)12-4-3-9(15)5-11(12)14/h3-5,10,17H,6-8,15H2,1-2H3. The van der Waals surface area contributed by atoms with Crippen LogP contribution in [-0.4, -0.2) is 36.5 Å². The van der Waals surface area contributed by atoms with E-state index in [1.165, 1.54) is 6.07 Å². The van der Waals surface area contributed by atoms with Gasteiger partial charge in [0.2, 0.25) is 0 Å². The van der Waals surface area contributed by atoms with E-state index >= 15 is 0 Å². The Morgan fingerprint density at radius 3 is 2.89 bits per heavy atom. The number of aliphatic hydroxyl groups excluding tert-OH is 1. The first-order valence-corrected chi connectivity index (χ1v) is 6.00. The molecular weight excluding hydrogens is 235 g/mol. The third kappa shape index (κ3) is 2.73. The second kappa shape index (κ2) is 4.74. The summed E-state index contributed by atoms with van der Waals surface area (Å²) in [5.74, 6) is -0.343. The summed E-state index contributed by atoms with van der Waals surface area (Å²) in [5.41, 5.74) is 6.03. The number of nitrogens with zero attached hydrogens (tertiary/aromatic N) is 1. The smallest absolute Gasteiger partial charge is 0.148 e. The van der Waals surface area contributed by atoms with E-state index in [0.29, 0.717) is 24.5 Å². The second-order valence-electron chi connectivity index (χ2n) is 5.27. The highest BCUT2D eigenvalue weighted by Gasteiger charge is 2.34. The predicted molar refractivity (Wildman–Crippen MR) is 69.1 cm³/mol. The molecule has 18 heavy (non-hydrogen) atoms. The first-order valence-electron chi connectivity index (χ1n) is 6.00. The summed E-state index contributed by atoms with van der Waals surface area (Å²) in [6.45, 7) is 4.83. The zero-order valence-corrected chi connectivity index (χ0v) is 10.7. The van der Waals surface area contributed by atoms with Gasteiger partial charge in [-0.2, -0.15) is 0 Å². The van der Waals surface area contributed by atoms with E-state index in [2.05, 4.69) is 0 Å². The average molecular weight is 254 g/mol. The molecule has 0 spiro atoms. The summed E-state index contributed by atoms with van der Waals surface area (Å²) in [6, 6.07) is 4.65. The van der Waals surface area contributed by atoms with E-state index in [4.69, 9.17) is 10.5 Å². The topological polar surface area (TPSA) is 58.7 Å². The number of nitrogen functional groups attached to an aromatic ring is 1. The molecule has 4 nitrogen and oxygen atoms in total. The first kappa shape index (κ1) is 13.1. The number of aliphatic hydroxyl groups is 1. The van der Waals surface area contributed by atoms with Gasteiger partial charge in [0, 0.05) is 18.8 Å². The van der Waals surface area contributed by atoms with Gasteiger partial charge >= 0.3 is 0 Å². The van der Waals surface area contributed by atoms with Crippen LogP contribution in [0.3, 0.4) is 0 Å². The molecule has 0 amide bonds. The maximum Gasteiger partial charge on any atom is 0.148 e. The number of rotatable bonds is 2. The minimum Gasteiger partial charge on any atom is -0.399 e. The highest BCUT2D eigenvalue weighted by Crippen LogP contribution is 2.28. The van der Waals surface area contributed by atoms with Crippen LogP contribution < -0.4 is 10.6 Å². The summed E-state index contributed by atoms with van der Waals surface area (Å²) in [5, 5.41) is 9.24. The lowest BCUT2D eigenvalue weighted by atomic mass is 10.0. The minimum atomic E-state index is -0.417. The van der Waals surface area contributed by atoms with Gasteiger partial charge in [-0.25, -0.2) is 4.39 Å². The van der Waals surface area contributed by atoms with E-state index in [0.717, 1.165) is 0 Å². The second-order valence-corrected chi connectivity index (χ2v) is 5.27. The molecule has 0 aliphatic carbocycles. The van der Waals surface area contributed by atoms with Crippen LogP contribution in [-0.2, 0) is 4.74 Å².